The number of hydrogen-bond donors (Lipinski definition) is 1. The third-order valence-electron chi connectivity index (χ3n) is 1.75. The standard InChI is InChI=1S/C10H8N4S/c1-7-12-10(14-13-7)15-9-4-2-3-8(5-9)6-11/h2-5H,1H3,(H,12,13,14). The molecule has 0 bridgehead atoms. The van der Waals surface area contributed by atoms with E-state index in [1.54, 1.807) is 6.07 Å². The lowest BCUT2D eigenvalue weighted by atomic mass is 10.2. The highest BCUT2D eigenvalue weighted by Gasteiger charge is 2.02. The molecule has 0 fully saturated rings. The molecule has 1 N–H and O–H groups in total. The molecule has 0 radical (unpaired) electrons. The molecule has 2 aromatic rings. The second-order valence-corrected chi connectivity index (χ2v) is 3.99. The van der Waals surface area contributed by atoms with Crippen molar-refractivity contribution in [3.63, 3.8) is 0 Å². The molecule has 74 valence electrons. The number of benzene rings is 1. The van der Waals surface area contributed by atoms with Gasteiger partial charge in [-0.25, -0.2) is 4.98 Å². The van der Waals surface area contributed by atoms with Crippen molar-refractivity contribution in [1.29, 1.82) is 5.26 Å². The van der Waals surface area contributed by atoms with Crippen LogP contribution in [0.4, 0.5) is 0 Å². The van der Waals surface area contributed by atoms with E-state index in [2.05, 4.69) is 21.3 Å². The number of nitriles is 1. The molecular formula is C10H8N4S. The van der Waals surface area contributed by atoms with Gasteiger partial charge in [0, 0.05) is 4.90 Å². The Morgan fingerprint density at radius 2 is 2.33 bits per heavy atom. The van der Waals surface area contributed by atoms with Crippen LogP contribution in [0.1, 0.15) is 11.4 Å². The van der Waals surface area contributed by atoms with E-state index in [-0.39, 0.29) is 0 Å². The van der Waals surface area contributed by atoms with Gasteiger partial charge in [0.05, 0.1) is 11.6 Å². The largest absolute Gasteiger partial charge is 0.262 e. The Morgan fingerprint density at radius 3 is 3.00 bits per heavy atom. The smallest absolute Gasteiger partial charge is 0.213 e. The summed E-state index contributed by atoms with van der Waals surface area (Å²) in [4.78, 5) is 5.14. The summed E-state index contributed by atoms with van der Waals surface area (Å²) in [6, 6.07) is 9.46. The van der Waals surface area contributed by atoms with Crippen molar-refractivity contribution < 1.29 is 0 Å². The molecule has 0 aliphatic heterocycles. The summed E-state index contributed by atoms with van der Waals surface area (Å²) in [6.07, 6.45) is 0. The van der Waals surface area contributed by atoms with Crippen molar-refractivity contribution in [1.82, 2.24) is 15.2 Å². The van der Waals surface area contributed by atoms with Gasteiger partial charge in [-0.05, 0) is 36.9 Å². The van der Waals surface area contributed by atoms with E-state index in [9.17, 15) is 0 Å². The Hall–Kier alpha value is -1.80. The van der Waals surface area contributed by atoms with Crippen LogP contribution < -0.4 is 0 Å². The topological polar surface area (TPSA) is 65.4 Å². The third kappa shape index (κ3) is 2.36. The molecule has 0 aliphatic carbocycles. The van der Waals surface area contributed by atoms with Crippen LogP contribution in [0.25, 0.3) is 0 Å². The highest BCUT2D eigenvalue weighted by molar-refractivity contribution is 7.99. The Labute approximate surface area is 91.4 Å². The Morgan fingerprint density at radius 1 is 1.47 bits per heavy atom. The third-order valence-corrected chi connectivity index (χ3v) is 2.60. The first-order valence-corrected chi connectivity index (χ1v) is 5.16. The van der Waals surface area contributed by atoms with Gasteiger partial charge in [0.1, 0.15) is 5.82 Å². The summed E-state index contributed by atoms with van der Waals surface area (Å²) in [5, 5.41) is 16.2. The van der Waals surface area contributed by atoms with Crippen LogP contribution in [0.3, 0.4) is 0 Å². The van der Waals surface area contributed by atoms with E-state index < -0.39 is 0 Å². The van der Waals surface area contributed by atoms with Crippen molar-refractivity contribution in [2.24, 2.45) is 0 Å². The fraction of sp³-hybridized carbons (Fsp3) is 0.100. The molecule has 15 heavy (non-hydrogen) atoms. The average molecular weight is 216 g/mol. The zero-order valence-corrected chi connectivity index (χ0v) is 8.88. The van der Waals surface area contributed by atoms with Crippen LogP contribution in [-0.2, 0) is 0 Å². The fourth-order valence-electron chi connectivity index (χ4n) is 1.10. The van der Waals surface area contributed by atoms with Gasteiger partial charge in [-0.1, -0.05) is 6.07 Å². The van der Waals surface area contributed by atoms with Crippen LogP contribution in [0, 0.1) is 18.3 Å². The number of nitrogens with zero attached hydrogens (tertiary/aromatic N) is 3. The van der Waals surface area contributed by atoms with Gasteiger partial charge in [0.15, 0.2) is 0 Å². The van der Waals surface area contributed by atoms with Crippen LogP contribution >= 0.6 is 11.8 Å². The number of hydrogen-bond acceptors (Lipinski definition) is 4. The fourth-order valence-corrected chi connectivity index (χ4v) is 1.92. The van der Waals surface area contributed by atoms with Crippen LogP contribution in [-0.4, -0.2) is 15.2 Å². The van der Waals surface area contributed by atoms with Crippen LogP contribution in [0.5, 0.6) is 0 Å². The monoisotopic (exact) mass is 216 g/mol. The van der Waals surface area contributed by atoms with Crippen LogP contribution in [0.15, 0.2) is 34.3 Å². The minimum atomic E-state index is 0.646. The van der Waals surface area contributed by atoms with Gasteiger partial charge in [-0.2, -0.15) is 5.26 Å². The number of rotatable bonds is 2. The van der Waals surface area contributed by atoms with Crippen molar-refractivity contribution in [3.8, 4) is 6.07 Å². The van der Waals surface area contributed by atoms with Gasteiger partial charge in [-0.3, -0.25) is 5.10 Å². The minimum absolute atomic E-state index is 0.646. The summed E-state index contributed by atoms with van der Waals surface area (Å²) in [6.45, 7) is 1.85. The van der Waals surface area contributed by atoms with Gasteiger partial charge >= 0.3 is 0 Å². The van der Waals surface area contributed by atoms with Gasteiger partial charge < -0.3 is 0 Å². The summed E-state index contributed by atoms with van der Waals surface area (Å²) < 4.78 is 0. The lowest BCUT2D eigenvalue weighted by molar-refractivity contribution is 0.969. The van der Waals surface area contributed by atoms with E-state index in [0.717, 1.165) is 10.7 Å². The molecule has 5 heteroatoms. The summed E-state index contributed by atoms with van der Waals surface area (Å²) >= 11 is 1.43. The molecule has 1 heterocycles. The predicted molar refractivity (Wildman–Crippen MR) is 56.4 cm³/mol. The maximum atomic E-state index is 8.74. The molecule has 4 nitrogen and oxygen atoms in total. The first-order valence-electron chi connectivity index (χ1n) is 4.35. The van der Waals surface area contributed by atoms with Gasteiger partial charge in [0.2, 0.25) is 5.16 Å². The number of aromatic amines is 1. The maximum Gasteiger partial charge on any atom is 0.213 e. The Kier molecular flexibility index (Phi) is 2.70. The van der Waals surface area contributed by atoms with Crippen molar-refractivity contribution in [2.45, 2.75) is 17.0 Å². The van der Waals surface area contributed by atoms with E-state index >= 15 is 0 Å². The molecule has 0 saturated carbocycles. The SMILES string of the molecule is Cc1nc(Sc2cccc(C#N)c2)n[nH]1. The lowest BCUT2D eigenvalue weighted by Gasteiger charge is -1.96. The highest BCUT2D eigenvalue weighted by atomic mass is 32.2. The minimum Gasteiger partial charge on any atom is -0.262 e. The first-order chi connectivity index (χ1) is 7.28. The average Bonchev–Trinajstić information content (AvgIpc) is 2.64. The molecule has 0 amide bonds. The summed E-state index contributed by atoms with van der Waals surface area (Å²) in [5.74, 6) is 0.786. The summed E-state index contributed by atoms with van der Waals surface area (Å²) in [7, 11) is 0. The van der Waals surface area contributed by atoms with E-state index in [4.69, 9.17) is 5.26 Å². The van der Waals surface area contributed by atoms with Crippen molar-refractivity contribution >= 4 is 11.8 Å². The number of aromatic nitrogens is 3. The van der Waals surface area contributed by atoms with E-state index in [1.807, 2.05) is 25.1 Å². The highest BCUT2D eigenvalue weighted by Crippen LogP contribution is 2.24. The zero-order valence-electron chi connectivity index (χ0n) is 8.06. The second kappa shape index (κ2) is 4.15. The van der Waals surface area contributed by atoms with Gasteiger partial charge in [-0.15, -0.1) is 5.10 Å². The molecule has 0 spiro atoms. The number of H-pyrrole nitrogens is 1. The zero-order chi connectivity index (χ0) is 10.7. The summed E-state index contributed by atoms with van der Waals surface area (Å²) in [5.41, 5.74) is 0.646. The van der Waals surface area contributed by atoms with Crippen LogP contribution in [0.2, 0.25) is 0 Å². The molecule has 0 aliphatic rings. The molecule has 0 atom stereocenters. The molecule has 1 aromatic heterocycles. The Bertz CT molecular complexity index is 512. The molecular weight excluding hydrogens is 208 g/mol. The quantitative estimate of drug-likeness (QED) is 0.835. The maximum absolute atomic E-state index is 8.74. The number of nitrogens with one attached hydrogen (secondary N) is 1. The number of aryl methyl sites for hydroxylation is 1. The molecule has 1 aromatic carbocycles. The van der Waals surface area contributed by atoms with Crippen molar-refractivity contribution in [3.05, 3.63) is 35.7 Å². The van der Waals surface area contributed by atoms with Crippen molar-refractivity contribution in [2.75, 3.05) is 0 Å². The Balaban J connectivity index is 2.21. The first kappa shape index (κ1) is 9.74. The normalized spacial score (nSPS) is 9.87. The molecule has 0 unspecified atom stereocenters. The van der Waals surface area contributed by atoms with Gasteiger partial charge in [0.25, 0.3) is 0 Å². The lowest BCUT2D eigenvalue weighted by Crippen LogP contribution is -1.78. The predicted octanol–water partition coefficient (Wildman–Crippen LogP) is 2.14. The molecule has 2 rings (SSSR count). The second-order valence-electron chi connectivity index (χ2n) is 2.95. The van der Waals surface area contributed by atoms with E-state index in [0.29, 0.717) is 10.7 Å². The molecule has 0 saturated heterocycles. The van der Waals surface area contributed by atoms with E-state index in [1.165, 1.54) is 11.8 Å².